The van der Waals surface area contributed by atoms with Crippen LogP contribution in [0.4, 0.5) is 13.2 Å². The van der Waals surface area contributed by atoms with Crippen LogP contribution in [0.15, 0.2) is 10.9 Å². The Morgan fingerprint density at radius 2 is 2.04 bits per heavy atom. The first-order valence-corrected chi connectivity index (χ1v) is 7.72. The lowest BCUT2D eigenvalue weighted by molar-refractivity contribution is -0.186. The molecule has 1 aromatic rings. The zero-order chi connectivity index (χ0) is 17.2. The number of rotatable bonds is 3. The molecular formula is C16H21F3N2O2. The molecule has 1 aromatic heterocycles. The van der Waals surface area contributed by atoms with Gasteiger partial charge >= 0.3 is 6.18 Å². The molecule has 0 bridgehead atoms. The summed E-state index contributed by atoms with van der Waals surface area (Å²) in [5, 5.41) is 2.62. The van der Waals surface area contributed by atoms with Crippen molar-refractivity contribution in [1.82, 2.24) is 10.3 Å². The minimum atomic E-state index is -4.25. The van der Waals surface area contributed by atoms with Gasteiger partial charge in [0.05, 0.1) is 5.92 Å². The monoisotopic (exact) mass is 330 g/mol. The van der Waals surface area contributed by atoms with E-state index in [1.54, 1.807) is 19.9 Å². The van der Waals surface area contributed by atoms with Gasteiger partial charge in [0, 0.05) is 23.7 Å². The Hall–Kier alpha value is -1.79. The molecule has 1 saturated carbocycles. The van der Waals surface area contributed by atoms with Gasteiger partial charge < -0.3 is 10.3 Å². The van der Waals surface area contributed by atoms with Crippen molar-refractivity contribution in [2.75, 3.05) is 0 Å². The van der Waals surface area contributed by atoms with E-state index in [4.69, 9.17) is 0 Å². The molecule has 1 aliphatic rings. The lowest BCUT2D eigenvalue weighted by Crippen LogP contribution is -2.38. The van der Waals surface area contributed by atoms with Crippen molar-refractivity contribution >= 4 is 5.91 Å². The van der Waals surface area contributed by atoms with Crippen LogP contribution in [0.25, 0.3) is 0 Å². The third kappa shape index (κ3) is 4.36. The number of nitrogens with one attached hydrogen (secondary N) is 2. The molecule has 2 N–H and O–H groups in total. The number of carbonyl (C=O) groups is 1. The normalized spacial score (nSPS) is 22.0. The van der Waals surface area contributed by atoms with E-state index in [1.165, 1.54) is 0 Å². The summed E-state index contributed by atoms with van der Waals surface area (Å²) in [6, 6.07) is 1.79. The fourth-order valence-corrected chi connectivity index (χ4v) is 3.15. The average molecular weight is 330 g/mol. The topological polar surface area (TPSA) is 62.0 Å². The number of aromatic nitrogens is 1. The van der Waals surface area contributed by atoms with Gasteiger partial charge in [-0.2, -0.15) is 13.2 Å². The standard InChI is InChI=1S/C16H21F3N2O2/c1-9-6-10(2)21-15(23)13(9)8-20-14(22)11-4-3-5-12(7-11)16(17,18)19/h6,11-12H,3-5,7-8H2,1-2H3,(H,20,22)(H,21,23)/t11-,12-/m0/s1. The van der Waals surface area contributed by atoms with Crippen molar-refractivity contribution in [1.29, 1.82) is 0 Å². The van der Waals surface area contributed by atoms with Crippen LogP contribution >= 0.6 is 0 Å². The highest BCUT2D eigenvalue weighted by molar-refractivity contribution is 5.78. The second-order valence-electron chi connectivity index (χ2n) is 6.26. The number of hydrogen-bond acceptors (Lipinski definition) is 2. The zero-order valence-electron chi connectivity index (χ0n) is 13.2. The summed E-state index contributed by atoms with van der Waals surface area (Å²) in [5.74, 6) is -2.45. The Balaban J connectivity index is 1.99. The molecule has 23 heavy (non-hydrogen) atoms. The maximum atomic E-state index is 12.8. The summed E-state index contributed by atoms with van der Waals surface area (Å²) in [5.41, 5.74) is 1.64. The van der Waals surface area contributed by atoms with E-state index >= 15 is 0 Å². The minimum Gasteiger partial charge on any atom is -0.352 e. The van der Waals surface area contributed by atoms with E-state index in [9.17, 15) is 22.8 Å². The third-order valence-electron chi connectivity index (χ3n) is 4.44. The van der Waals surface area contributed by atoms with Gasteiger partial charge in [0.1, 0.15) is 0 Å². The van der Waals surface area contributed by atoms with E-state index in [2.05, 4.69) is 10.3 Å². The van der Waals surface area contributed by atoms with Crippen LogP contribution in [-0.4, -0.2) is 17.1 Å². The number of amides is 1. The summed E-state index contributed by atoms with van der Waals surface area (Å²) >= 11 is 0. The van der Waals surface area contributed by atoms with E-state index in [1.807, 2.05) is 0 Å². The van der Waals surface area contributed by atoms with Gasteiger partial charge in [-0.1, -0.05) is 6.42 Å². The molecule has 2 rings (SSSR count). The fraction of sp³-hybridized carbons (Fsp3) is 0.625. The zero-order valence-corrected chi connectivity index (χ0v) is 13.2. The molecular weight excluding hydrogens is 309 g/mol. The Morgan fingerprint density at radius 1 is 1.35 bits per heavy atom. The molecule has 0 aromatic carbocycles. The largest absolute Gasteiger partial charge is 0.391 e. The van der Waals surface area contributed by atoms with Crippen LogP contribution in [0.2, 0.25) is 0 Å². The van der Waals surface area contributed by atoms with Gasteiger partial charge in [-0.3, -0.25) is 9.59 Å². The van der Waals surface area contributed by atoms with Crippen molar-refractivity contribution in [2.24, 2.45) is 11.8 Å². The number of carbonyl (C=O) groups excluding carboxylic acids is 1. The SMILES string of the molecule is Cc1cc(C)c(CNC(=O)[C@H]2CCC[C@H](C(F)(F)F)C2)c(=O)[nH]1. The number of pyridine rings is 1. The summed E-state index contributed by atoms with van der Waals surface area (Å²) < 4.78 is 38.4. The van der Waals surface area contributed by atoms with Crippen molar-refractivity contribution in [3.8, 4) is 0 Å². The van der Waals surface area contributed by atoms with Crippen molar-refractivity contribution in [3.05, 3.63) is 33.2 Å². The van der Waals surface area contributed by atoms with Crippen LogP contribution in [-0.2, 0) is 11.3 Å². The predicted molar refractivity (Wildman–Crippen MR) is 79.9 cm³/mol. The van der Waals surface area contributed by atoms with Gasteiger partial charge in [-0.05, 0) is 44.7 Å². The molecule has 1 amide bonds. The smallest absolute Gasteiger partial charge is 0.352 e. The van der Waals surface area contributed by atoms with E-state index in [0.29, 0.717) is 18.4 Å². The molecule has 1 fully saturated rings. The summed E-state index contributed by atoms with van der Waals surface area (Å²) in [7, 11) is 0. The van der Waals surface area contributed by atoms with Crippen molar-refractivity contribution in [2.45, 2.75) is 52.3 Å². The van der Waals surface area contributed by atoms with Crippen LogP contribution < -0.4 is 10.9 Å². The Morgan fingerprint density at radius 3 is 2.65 bits per heavy atom. The molecule has 0 spiro atoms. The van der Waals surface area contributed by atoms with Gasteiger partial charge in [-0.15, -0.1) is 0 Å². The lowest BCUT2D eigenvalue weighted by Gasteiger charge is -2.29. The minimum absolute atomic E-state index is 0.0352. The van der Waals surface area contributed by atoms with E-state index < -0.39 is 23.9 Å². The van der Waals surface area contributed by atoms with Crippen LogP contribution in [0.5, 0.6) is 0 Å². The van der Waals surface area contributed by atoms with Crippen molar-refractivity contribution in [3.63, 3.8) is 0 Å². The second-order valence-corrected chi connectivity index (χ2v) is 6.26. The quantitative estimate of drug-likeness (QED) is 0.895. The Labute approximate surface area is 132 Å². The number of aryl methyl sites for hydroxylation is 2. The van der Waals surface area contributed by atoms with Gasteiger partial charge in [0.2, 0.25) is 5.91 Å². The first-order chi connectivity index (χ1) is 10.7. The van der Waals surface area contributed by atoms with Crippen LogP contribution in [0, 0.1) is 25.7 Å². The highest BCUT2D eigenvalue weighted by Crippen LogP contribution is 2.39. The first kappa shape index (κ1) is 17.6. The molecule has 0 aliphatic heterocycles. The summed E-state index contributed by atoms with van der Waals surface area (Å²) in [6.45, 7) is 3.56. The van der Waals surface area contributed by atoms with E-state index in [0.717, 1.165) is 11.3 Å². The lowest BCUT2D eigenvalue weighted by atomic mass is 9.80. The molecule has 7 heteroatoms. The predicted octanol–water partition coefficient (Wildman–Crippen LogP) is 2.98. The Bertz CT molecular complexity index is 637. The number of halogens is 3. The highest BCUT2D eigenvalue weighted by atomic mass is 19.4. The molecule has 2 atom stereocenters. The maximum absolute atomic E-state index is 12.8. The van der Waals surface area contributed by atoms with Gasteiger partial charge in [-0.25, -0.2) is 0 Å². The average Bonchev–Trinajstić information content (AvgIpc) is 2.45. The molecule has 1 aliphatic carbocycles. The number of aromatic amines is 1. The highest BCUT2D eigenvalue weighted by Gasteiger charge is 2.43. The van der Waals surface area contributed by atoms with Gasteiger partial charge in [0.15, 0.2) is 0 Å². The molecule has 0 saturated heterocycles. The number of hydrogen-bond donors (Lipinski definition) is 2. The molecule has 0 unspecified atom stereocenters. The van der Waals surface area contributed by atoms with Crippen LogP contribution in [0.1, 0.15) is 42.5 Å². The second kappa shape index (κ2) is 6.76. The van der Waals surface area contributed by atoms with Gasteiger partial charge in [0.25, 0.3) is 5.56 Å². The Kier molecular flexibility index (Phi) is 5.16. The summed E-state index contributed by atoms with van der Waals surface area (Å²) in [6.07, 6.45) is -3.47. The molecule has 128 valence electrons. The molecule has 1 heterocycles. The van der Waals surface area contributed by atoms with E-state index in [-0.39, 0.29) is 24.9 Å². The fourth-order valence-electron chi connectivity index (χ4n) is 3.15. The molecule has 4 nitrogen and oxygen atoms in total. The maximum Gasteiger partial charge on any atom is 0.391 e. The number of H-pyrrole nitrogens is 1. The first-order valence-electron chi connectivity index (χ1n) is 7.72. The third-order valence-corrected chi connectivity index (χ3v) is 4.44. The number of alkyl halides is 3. The molecule has 0 radical (unpaired) electrons. The van der Waals surface area contributed by atoms with Crippen molar-refractivity contribution < 1.29 is 18.0 Å². The summed E-state index contributed by atoms with van der Waals surface area (Å²) in [4.78, 5) is 26.7. The van der Waals surface area contributed by atoms with Crippen LogP contribution in [0.3, 0.4) is 0 Å².